The van der Waals surface area contributed by atoms with Crippen molar-refractivity contribution in [3.05, 3.63) is 65.2 Å². The number of nitrogens with zero attached hydrogens (tertiary/aromatic N) is 2. The van der Waals surface area contributed by atoms with Gasteiger partial charge in [-0.25, -0.2) is 0 Å². The monoisotopic (exact) mass is 320 g/mol. The second-order valence-corrected chi connectivity index (χ2v) is 7.11. The van der Waals surface area contributed by atoms with Crippen molar-refractivity contribution in [2.45, 2.75) is 38.3 Å². The molecule has 2 aliphatic rings. The lowest BCUT2D eigenvalue weighted by Gasteiger charge is -2.29. The molecule has 0 spiro atoms. The van der Waals surface area contributed by atoms with Crippen molar-refractivity contribution < 1.29 is 4.79 Å². The molecule has 0 aromatic heterocycles. The van der Waals surface area contributed by atoms with Gasteiger partial charge in [0.2, 0.25) is 5.91 Å². The first-order valence-corrected chi connectivity index (χ1v) is 8.83. The molecule has 0 fully saturated rings. The summed E-state index contributed by atoms with van der Waals surface area (Å²) in [6.45, 7) is 2.61. The van der Waals surface area contributed by atoms with Crippen LogP contribution in [0.15, 0.2) is 48.5 Å². The standard InChI is InChI=1S/C21H24N2O/c1-15-13-17-8-4-6-10-19(17)23(15)21(24)14-22(2)20-12-11-16-7-3-5-9-18(16)20/h3-10,15,20H,11-14H2,1-2H3/t15-,20-/m1/s1. The van der Waals surface area contributed by atoms with Crippen molar-refractivity contribution in [2.24, 2.45) is 0 Å². The molecule has 124 valence electrons. The van der Waals surface area contributed by atoms with Crippen LogP contribution in [0.3, 0.4) is 0 Å². The van der Waals surface area contributed by atoms with E-state index in [-0.39, 0.29) is 11.9 Å². The van der Waals surface area contributed by atoms with Crippen molar-refractivity contribution >= 4 is 11.6 Å². The van der Waals surface area contributed by atoms with E-state index in [9.17, 15) is 4.79 Å². The second-order valence-electron chi connectivity index (χ2n) is 7.11. The Morgan fingerprint density at radius 3 is 2.67 bits per heavy atom. The summed E-state index contributed by atoms with van der Waals surface area (Å²) in [5.74, 6) is 0.208. The Balaban J connectivity index is 1.51. The molecule has 3 heteroatoms. The van der Waals surface area contributed by atoms with Crippen LogP contribution in [-0.2, 0) is 17.6 Å². The molecule has 1 aliphatic carbocycles. The van der Waals surface area contributed by atoms with E-state index in [0.717, 1.165) is 24.9 Å². The van der Waals surface area contributed by atoms with E-state index in [1.54, 1.807) is 0 Å². The third kappa shape index (κ3) is 2.53. The van der Waals surface area contributed by atoms with Gasteiger partial charge in [-0.15, -0.1) is 0 Å². The first-order chi connectivity index (χ1) is 11.6. The summed E-state index contributed by atoms with van der Waals surface area (Å²) < 4.78 is 0. The minimum absolute atomic E-state index is 0.208. The molecule has 2 atom stereocenters. The molecule has 3 nitrogen and oxygen atoms in total. The Hall–Kier alpha value is -2.13. The van der Waals surface area contributed by atoms with Crippen molar-refractivity contribution in [1.82, 2.24) is 4.90 Å². The number of fused-ring (bicyclic) bond motifs is 2. The summed E-state index contributed by atoms with van der Waals surface area (Å²) in [5, 5.41) is 0. The van der Waals surface area contributed by atoms with E-state index in [4.69, 9.17) is 0 Å². The lowest BCUT2D eigenvalue weighted by atomic mass is 10.1. The van der Waals surface area contributed by atoms with Gasteiger partial charge in [0, 0.05) is 17.8 Å². The quantitative estimate of drug-likeness (QED) is 0.863. The lowest BCUT2D eigenvalue weighted by molar-refractivity contribution is -0.120. The Kier molecular flexibility index (Phi) is 3.89. The number of hydrogen-bond acceptors (Lipinski definition) is 2. The van der Waals surface area contributed by atoms with Crippen LogP contribution in [-0.4, -0.2) is 30.4 Å². The van der Waals surface area contributed by atoms with Crippen LogP contribution in [0.1, 0.15) is 36.1 Å². The summed E-state index contributed by atoms with van der Waals surface area (Å²) in [5.41, 5.74) is 5.20. The number of anilines is 1. The Bertz CT molecular complexity index is 770. The minimum atomic E-state index is 0.208. The largest absolute Gasteiger partial charge is 0.308 e. The third-order valence-electron chi connectivity index (χ3n) is 5.49. The molecule has 2 aromatic carbocycles. The normalized spacial score (nSPS) is 21.9. The highest BCUT2D eigenvalue weighted by Gasteiger charge is 2.33. The smallest absolute Gasteiger partial charge is 0.241 e. The summed E-state index contributed by atoms with van der Waals surface area (Å²) in [6, 6.07) is 17.5. The van der Waals surface area contributed by atoms with Crippen LogP contribution in [0.25, 0.3) is 0 Å². The van der Waals surface area contributed by atoms with E-state index in [2.05, 4.69) is 61.3 Å². The van der Waals surface area contributed by atoms with Crippen LogP contribution in [0.5, 0.6) is 0 Å². The van der Waals surface area contributed by atoms with Crippen LogP contribution in [0.2, 0.25) is 0 Å². The van der Waals surface area contributed by atoms with Gasteiger partial charge in [-0.1, -0.05) is 42.5 Å². The molecule has 0 unspecified atom stereocenters. The summed E-state index contributed by atoms with van der Waals surface area (Å²) >= 11 is 0. The molecule has 0 radical (unpaired) electrons. The highest BCUT2D eigenvalue weighted by atomic mass is 16.2. The SMILES string of the molecule is C[C@@H]1Cc2ccccc2N1C(=O)CN(C)[C@@H]1CCc2ccccc21. The number of hydrogen-bond donors (Lipinski definition) is 0. The molecular formula is C21H24N2O. The average molecular weight is 320 g/mol. The van der Waals surface area contributed by atoms with E-state index in [0.29, 0.717) is 12.6 Å². The number of likely N-dealkylation sites (N-methyl/N-ethyl adjacent to an activating group) is 1. The van der Waals surface area contributed by atoms with Gasteiger partial charge in [0.05, 0.1) is 6.54 Å². The highest BCUT2D eigenvalue weighted by molar-refractivity contribution is 5.97. The molecule has 2 aromatic rings. The number of carbonyl (C=O) groups excluding carboxylic acids is 1. The summed E-state index contributed by atoms with van der Waals surface area (Å²) in [7, 11) is 2.08. The number of carbonyl (C=O) groups is 1. The Labute approximate surface area is 143 Å². The fourth-order valence-electron chi connectivity index (χ4n) is 4.34. The van der Waals surface area contributed by atoms with Crippen LogP contribution in [0, 0.1) is 0 Å². The molecule has 0 bridgehead atoms. The second kappa shape index (κ2) is 6.06. The Morgan fingerprint density at radius 1 is 1.12 bits per heavy atom. The maximum atomic E-state index is 13.0. The van der Waals surface area contributed by atoms with Gasteiger partial charge in [-0.3, -0.25) is 9.69 Å². The Morgan fingerprint density at radius 2 is 1.83 bits per heavy atom. The summed E-state index contributed by atoms with van der Waals surface area (Å²) in [6.07, 6.45) is 3.18. The van der Waals surface area contributed by atoms with E-state index >= 15 is 0 Å². The molecular weight excluding hydrogens is 296 g/mol. The van der Waals surface area contributed by atoms with Gasteiger partial charge in [-0.2, -0.15) is 0 Å². The first kappa shape index (κ1) is 15.4. The van der Waals surface area contributed by atoms with Gasteiger partial charge >= 0.3 is 0 Å². The maximum absolute atomic E-state index is 13.0. The molecule has 0 N–H and O–H groups in total. The van der Waals surface area contributed by atoms with Crippen LogP contribution < -0.4 is 4.90 Å². The molecule has 1 amide bonds. The maximum Gasteiger partial charge on any atom is 0.241 e. The zero-order chi connectivity index (χ0) is 16.7. The van der Waals surface area contributed by atoms with Gasteiger partial charge < -0.3 is 4.90 Å². The minimum Gasteiger partial charge on any atom is -0.308 e. The van der Waals surface area contributed by atoms with E-state index in [1.165, 1.54) is 16.7 Å². The zero-order valence-electron chi connectivity index (χ0n) is 14.4. The van der Waals surface area contributed by atoms with Gasteiger partial charge in [0.1, 0.15) is 0 Å². The molecule has 24 heavy (non-hydrogen) atoms. The van der Waals surface area contributed by atoms with Crippen molar-refractivity contribution in [2.75, 3.05) is 18.5 Å². The van der Waals surface area contributed by atoms with Crippen molar-refractivity contribution in [3.63, 3.8) is 0 Å². The fraction of sp³-hybridized carbons (Fsp3) is 0.381. The number of para-hydroxylation sites is 1. The fourth-order valence-corrected chi connectivity index (χ4v) is 4.34. The van der Waals surface area contributed by atoms with Crippen LogP contribution >= 0.6 is 0 Å². The van der Waals surface area contributed by atoms with Crippen LogP contribution in [0.4, 0.5) is 5.69 Å². The molecule has 0 saturated carbocycles. The van der Waals surface area contributed by atoms with Gasteiger partial charge in [0.25, 0.3) is 0 Å². The summed E-state index contributed by atoms with van der Waals surface area (Å²) in [4.78, 5) is 17.2. The zero-order valence-corrected chi connectivity index (χ0v) is 14.4. The topological polar surface area (TPSA) is 23.6 Å². The predicted molar refractivity (Wildman–Crippen MR) is 97.2 cm³/mol. The molecule has 1 aliphatic heterocycles. The van der Waals surface area contributed by atoms with E-state index in [1.807, 2.05) is 11.0 Å². The predicted octanol–water partition coefficient (Wildman–Crippen LogP) is 3.58. The lowest BCUT2D eigenvalue weighted by Crippen LogP contribution is -2.42. The highest BCUT2D eigenvalue weighted by Crippen LogP contribution is 2.36. The van der Waals surface area contributed by atoms with Crippen molar-refractivity contribution in [3.8, 4) is 0 Å². The first-order valence-electron chi connectivity index (χ1n) is 8.83. The molecule has 0 saturated heterocycles. The molecule has 1 heterocycles. The van der Waals surface area contributed by atoms with E-state index < -0.39 is 0 Å². The number of benzene rings is 2. The number of amides is 1. The number of rotatable bonds is 3. The van der Waals surface area contributed by atoms with Gasteiger partial charge in [0.15, 0.2) is 0 Å². The number of aryl methyl sites for hydroxylation is 1. The average Bonchev–Trinajstić information content (AvgIpc) is 3.14. The van der Waals surface area contributed by atoms with Gasteiger partial charge in [-0.05, 0) is 56.0 Å². The molecule has 4 rings (SSSR count). The van der Waals surface area contributed by atoms with Crippen molar-refractivity contribution in [1.29, 1.82) is 0 Å². The third-order valence-corrected chi connectivity index (χ3v) is 5.49.